The van der Waals surface area contributed by atoms with Gasteiger partial charge >= 0.3 is 0 Å². The van der Waals surface area contributed by atoms with Crippen LogP contribution in [-0.2, 0) is 11.3 Å². The van der Waals surface area contributed by atoms with Gasteiger partial charge in [0.25, 0.3) is 0 Å². The average molecular weight is 272 g/mol. The van der Waals surface area contributed by atoms with Gasteiger partial charge in [-0.1, -0.05) is 30.3 Å². The topological polar surface area (TPSA) is 59.1 Å². The van der Waals surface area contributed by atoms with Crippen molar-refractivity contribution in [2.45, 2.75) is 19.6 Å². The Morgan fingerprint density at radius 3 is 2.60 bits per heavy atom. The molecule has 20 heavy (non-hydrogen) atoms. The number of nitrogens with one attached hydrogen (secondary N) is 1. The van der Waals surface area contributed by atoms with E-state index in [0.717, 1.165) is 5.56 Å². The molecule has 2 aromatic rings. The Kier molecular flexibility index (Phi) is 4.48. The van der Waals surface area contributed by atoms with Gasteiger partial charge in [-0.3, -0.25) is 5.41 Å². The van der Waals surface area contributed by atoms with Crippen molar-refractivity contribution in [1.29, 1.82) is 5.41 Å². The zero-order valence-corrected chi connectivity index (χ0v) is 11.3. The minimum absolute atomic E-state index is 0.0831. The van der Waals surface area contributed by atoms with E-state index < -0.39 is 5.82 Å². The Balaban J connectivity index is 2.06. The van der Waals surface area contributed by atoms with Crippen LogP contribution in [0.3, 0.4) is 0 Å². The van der Waals surface area contributed by atoms with Crippen molar-refractivity contribution in [2.24, 2.45) is 5.73 Å². The number of ether oxygens (including phenoxy) is 1. The number of halogens is 1. The van der Waals surface area contributed by atoms with E-state index in [-0.39, 0.29) is 18.5 Å². The predicted octanol–water partition coefficient (Wildman–Crippen LogP) is 3.39. The minimum Gasteiger partial charge on any atom is -0.384 e. The molecular weight excluding hydrogens is 255 g/mol. The van der Waals surface area contributed by atoms with E-state index >= 15 is 0 Å². The largest absolute Gasteiger partial charge is 0.384 e. The molecule has 0 saturated carbocycles. The summed E-state index contributed by atoms with van der Waals surface area (Å²) in [5.74, 6) is -0.564. The number of amidine groups is 1. The lowest BCUT2D eigenvalue weighted by Crippen LogP contribution is -2.12. The van der Waals surface area contributed by atoms with Crippen molar-refractivity contribution < 1.29 is 9.13 Å². The van der Waals surface area contributed by atoms with Gasteiger partial charge in [0.2, 0.25) is 0 Å². The summed E-state index contributed by atoms with van der Waals surface area (Å²) in [7, 11) is 0. The van der Waals surface area contributed by atoms with Crippen molar-refractivity contribution in [3.8, 4) is 0 Å². The van der Waals surface area contributed by atoms with Gasteiger partial charge in [-0.15, -0.1) is 0 Å². The molecule has 0 bridgehead atoms. The van der Waals surface area contributed by atoms with Crippen LogP contribution in [-0.4, -0.2) is 5.84 Å². The first-order chi connectivity index (χ1) is 9.56. The number of benzene rings is 2. The van der Waals surface area contributed by atoms with Gasteiger partial charge < -0.3 is 10.5 Å². The van der Waals surface area contributed by atoms with Crippen LogP contribution in [0.2, 0.25) is 0 Å². The fraction of sp³-hybridized carbons (Fsp3) is 0.188. The highest BCUT2D eigenvalue weighted by molar-refractivity contribution is 5.95. The summed E-state index contributed by atoms with van der Waals surface area (Å²) >= 11 is 0. The Labute approximate surface area is 117 Å². The lowest BCUT2D eigenvalue weighted by Gasteiger charge is -2.14. The summed E-state index contributed by atoms with van der Waals surface area (Å²) in [5.41, 5.74) is 7.48. The Hall–Kier alpha value is -2.20. The summed E-state index contributed by atoms with van der Waals surface area (Å²) < 4.78 is 19.2. The molecule has 0 aliphatic rings. The number of nitrogen functional groups attached to an aromatic ring is 1. The molecule has 1 atom stereocenters. The standard InChI is InChI=1S/C16H17FN2O/c1-11(13-5-3-2-4-6-13)20-10-12-7-14(16(18)19)9-15(17)8-12/h2-9,11H,10H2,1H3,(H3,18,19). The van der Waals surface area contributed by atoms with E-state index in [2.05, 4.69) is 0 Å². The van der Waals surface area contributed by atoms with Crippen LogP contribution in [0.25, 0.3) is 0 Å². The van der Waals surface area contributed by atoms with E-state index in [0.29, 0.717) is 11.1 Å². The zero-order chi connectivity index (χ0) is 14.5. The molecule has 1 unspecified atom stereocenters. The highest BCUT2D eigenvalue weighted by Gasteiger charge is 2.07. The number of hydrogen-bond donors (Lipinski definition) is 2. The number of nitrogens with two attached hydrogens (primary N) is 1. The first-order valence-electron chi connectivity index (χ1n) is 6.36. The van der Waals surface area contributed by atoms with E-state index in [9.17, 15) is 4.39 Å². The molecule has 0 fully saturated rings. The van der Waals surface area contributed by atoms with Crippen LogP contribution in [0.1, 0.15) is 29.7 Å². The van der Waals surface area contributed by atoms with E-state index in [1.54, 1.807) is 6.07 Å². The van der Waals surface area contributed by atoms with Crippen molar-refractivity contribution in [3.63, 3.8) is 0 Å². The van der Waals surface area contributed by atoms with Gasteiger partial charge in [-0.25, -0.2) is 4.39 Å². The van der Waals surface area contributed by atoms with Crippen molar-refractivity contribution in [3.05, 3.63) is 71.0 Å². The summed E-state index contributed by atoms with van der Waals surface area (Å²) in [5, 5.41) is 7.35. The molecule has 0 heterocycles. The lowest BCUT2D eigenvalue weighted by molar-refractivity contribution is 0.0524. The molecule has 4 heteroatoms. The molecule has 2 rings (SSSR count). The van der Waals surface area contributed by atoms with Gasteiger partial charge in [0.1, 0.15) is 11.7 Å². The second-order valence-electron chi connectivity index (χ2n) is 4.63. The van der Waals surface area contributed by atoms with Gasteiger partial charge in [-0.2, -0.15) is 0 Å². The smallest absolute Gasteiger partial charge is 0.124 e. The normalized spacial score (nSPS) is 12.1. The SMILES string of the molecule is CC(OCc1cc(F)cc(C(=N)N)c1)c1ccccc1. The summed E-state index contributed by atoms with van der Waals surface area (Å²) in [6.45, 7) is 2.22. The van der Waals surface area contributed by atoms with E-state index in [4.69, 9.17) is 15.9 Å². The quantitative estimate of drug-likeness (QED) is 0.647. The van der Waals surface area contributed by atoms with Crippen molar-refractivity contribution in [2.75, 3.05) is 0 Å². The Morgan fingerprint density at radius 1 is 1.25 bits per heavy atom. The average Bonchev–Trinajstić information content (AvgIpc) is 2.45. The maximum absolute atomic E-state index is 13.4. The summed E-state index contributed by atoms with van der Waals surface area (Å²) in [6, 6.07) is 14.1. The molecule has 0 aliphatic carbocycles. The van der Waals surface area contributed by atoms with E-state index in [1.165, 1.54) is 12.1 Å². The molecule has 0 aliphatic heterocycles. The second kappa shape index (κ2) is 6.30. The molecule has 0 amide bonds. The van der Waals surface area contributed by atoms with Crippen LogP contribution in [0.5, 0.6) is 0 Å². The van der Waals surface area contributed by atoms with Crippen LogP contribution in [0.15, 0.2) is 48.5 Å². The molecule has 0 radical (unpaired) electrons. The summed E-state index contributed by atoms with van der Waals surface area (Å²) in [4.78, 5) is 0. The molecule has 3 N–H and O–H groups in total. The first-order valence-corrected chi connectivity index (χ1v) is 6.36. The third-order valence-corrected chi connectivity index (χ3v) is 3.04. The van der Waals surface area contributed by atoms with E-state index in [1.807, 2.05) is 37.3 Å². The fourth-order valence-electron chi connectivity index (χ4n) is 1.93. The van der Waals surface area contributed by atoms with Crippen LogP contribution in [0.4, 0.5) is 4.39 Å². The highest BCUT2D eigenvalue weighted by atomic mass is 19.1. The predicted molar refractivity (Wildman–Crippen MR) is 77.1 cm³/mol. The Bertz CT molecular complexity index is 599. The molecule has 2 aromatic carbocycles. The fourth-order valence-corrected chi connectivity index (χ4v) is 1.93. The van der Waals surface area contributed by atoms with Crippen LogP contribution >= 0.6 is 0 Å². The lowest BCUT2D eigenvalue weighted by atomic mass is 10.1. The maximum Gasteiger partial charge on any atom is 0.124 e. The number of hydrogen-bond acceptors (Lipinski definition) is 2. The molecule has 104 valence electrons. The first kappa shape index (κ1) is 14.2. The minimum atomic E-state index is -0.413. The molecule has 0 saturated heterocycles. The monoisotopic (exact) mass is 272 g/mol. The van der Waals surface area contributed by atoms with Gasteiger partial charge in [0.05, 0.1) is 12.7 Å². The zero-order valence-electron chi connectivity index (χ0n) is 11.3. The molecular formula is C16H17FN2O. The Morgan fingerprint density at radius 2 is 1.95 bits per heavy atom. The highest BCUT2D eigenvalue weighted by Crippen LogP contribution is 2.19. The van der Waals surface area contributed by atoms with Crippen LogP contribution in [0, 0.1) is 11.2 Å². The van der Waals surface area contributed by atoms with Gasteiger partial charge in [0, 0.05) is 5.56 Å². The van der Waals surface area contributed by atoms with Crippen LogP contribution < -0.4 is 5.73 Å². The maximum atomic E-state index is 13.4. The van der Waals surface area contributed by atoms with Gasteiger partial charge in [-0.05, 0) is 36.2 Å². The second-order valence-corrected chi connectivity index (χ2v) is 4.63. The number of rotatable bonds is 5. The van der Waals surface area contributed by atoms with Crippen molar-refractivity contribution >= 4 is 5.84 Å². The third-order valence-electron chi connectivity index (χ3n) is 3.04. The van der Waals surface area contributed by atoms with Gasteiger partial charge in [0.15, 0.2) is 0 Å². The molecule has 0 aromatic heterocycles. The molecule has 3 nitrogen and oxygen atoms in total. The summed E-state index contributed by atoms with van der Waals surface area (Å²) in [6.07, 6.45) is -0.0831. The third kappa shape index (κ3) is 3.65. The molecule has 0 spiro atoms. The van der Waals surface area contributed by atoms with Crippen molar-refractivity contribution in [1.82, 2.24) is 0 Å².